The van der Waals surface area contributed by atoms with Crippen molar-refractivity contribution in [3.8, 4) is 5.75 Å². The average molecular weight is 381 g/mol. The van der Waals surface area contributed by atoms with Gasteiger partial charge in [0.25, 0.3) is 0 Å². The first kappa shape index (κ1) is 19.8. The minimum absolute atomic E-state index is 0.139. The lowest BCUT2D eigenvalue weighted by Gasteiger charge is -2.11. The van der Waals surface area contributed by atoms with Crippen molar-refractivity contribution >= 4 is 29.1 Å². The summed E-state index contributed by atoms with van der Waals surface area (Å²) in [5.41, 5.74) is 1.05. The van der Waals surface area contributed by atoms with Crippen LogP contribution in [0, 0.1) is 13.8 Å². The van der Waals surface area contributed by atoms with Gasteiger partial charge in [0.2, 0.25) is 0 Å². The van der Waals surface area contributed by atoms with Gasteiger partial charge in [-0.05, 0) is 44.5 Å². The van der Waals surface area contributed by atoms with E-state index in [4.69, 9.17) is 20.8 Å². The molecule has 1 heterocycles. The maximum absolute atomic E-state index is 11.9. The monoisotopic (exact) mass is 380 g/mol. The lowest BCUT2D eigenvalue weighted by atomic mass is 10.1. The molecule has 1 aromatic carbocycles. The van der Waals surface area contributed by atoms with Gasteiger partial charge in [0.15, 0.2) is 0 Å². The molecule has 0 bridgehead atoms. The minimum atomic E-state index is -0.823. The van der Waals surface area contributed by atoms with Crippen LogP contribution in [0.15, 0.2) is 28.7 Å². The summed E-state index contributed by atoms with van der Waals surface area (Å²) < 4.78 is 10.4. The number of carbonyl (C=O) groups excluding carboxylic acids is 2. The number of amides is 2. The number of benzene rings is 1. The third-order valence-electron chi connectivity index (χ3n) is 3.76. The van der Waals surface area contributed by atoms with E-state index in [2.05, 4.69) is 10.6 Å². The van der Waals surface area contributed by atoms with Crippen molar-refractivity contribution in [2.75, 3.05) is 19.0 Å². The van der Waals surface area contributed by atoms with Gasteiger partial charge in [-0.1, -0.05) is 11.6 Å². The Morgan fingerprint density at radius 1 is 1.27 bits per heavy atom. The van der Waals surface area contributed by atoms with Crippen LogP contribution >= 0.6 is 11.6 Å². The summed E-state index contributed by atoms with van der Waals surface area (Å²) in [6.07, 6.45) is -0.524. The van der Waals surface area contributed by atoms with E-state index in [0.29, 0.717) is 33.5 Å². The number of halogens is 1. The van der Waals surface area contributed by atoms with Crippen LogP contribution < -0.4 is 15.4 Å². The molecule has 1 aromatic heterocycles. The largest absolute Gasteiger partial charge is 0.495 e. The number of anilines is 1. The van der Waals surface area contributed by atoms with Gasteiger partial charge in [-0.15, -0.1) is 0 Å². The van der Waals surface area contributed by atoms with Crippen molar-refractivity contribution < 1.29 is 23.8 Å². The van der Waals surface area contributed by atoms with E-state index < -0.39 is 17.9 Å². The van der Waals surface area contributed by atoms with Crippen LogP contribution in [0.25, 0.3) is 0 Å². The predicted molar refractivity (Wildman–Crippen MR) is 97.4 cm³/mol. The molecule has 2 rings (SSSR count). The average Bonchev–Trinajstić information content (AvgIpc) is 2.93. The van der Waals surface area contributed by atoms with Crippen LogP contribution in [0.5, 0.6) is 5.75 Å². The summed E-state index contributed by atoms with van der Waals surface area (Å²) in [5, 5.41) is 15.4. The molecule has 1 atom stereocenters. The first-order valence-corrected chi connectivity index (χ1v) is 8.37. The Morgan fingerprint density at radius 2 is 2.00 bits per heavy atom. The second-order valence-corrected chi connectivity index (χ2v) is 6.14. The Labute approximate surface area is 156 Å². The number of aliphatic hydroxyl groups is 1. The van der Waals surface area contributed by atoms with Gasteiger partial charge in [-0.2, -0.15) is 0 Å². The SMILES string of the molecule is COc1ccc(NC(=O)C(=O)NCC[C@@H](O)c2cc(C)oc2C)cc1Cl. The number of hydrogen-bond acceptors (Lipinski definition) is 5. The quantitative estimate of drug-likeness (QED) is 0.669. The standard InChI is InChI=1S/C18H21ClN2O5/c1-10-8-13(11(2)26-10)15(22)6-7-20-17(23)18(24)21-12-4-5-16(25-3)14(19)9-12/h4-5,8-9,15,22H,6-7H2,1-3H3,(H,20,23)(H,21,24)/t15-/m1/s1. The number of furan rings is 1. The number of hydrogen-bond donors (Lipinski definition) is 3. The normalized spacial score (nSPS) is 11.7. The maximum atomic E-state index is 11.9. The van der Waals surface area contributed by atoms with Gasteiger partial charge in [0.1, 0.15) is 17.3 Å². The van der Waals surface area contributed by atoms with E-state index >= 15 is 0 Å². The van der Waals surface area contributed by atoms with Crippen molar-refractivity contribution in [1.82, 2.24) is 5.32 Å². The molecule has 7 nitrogen and oxygen atoms in total. The molecule has 0 aliphatic rings. The van der Waals surface area contributed by atoms with Crippen molar-refractivity contribution in [3.63, 3.8) is 0 Å². The number of rotatable bonds is 6. The van der Waals surface area contributed by atoms with Crippen molar-refractivity contribution in [2.24, 2.45) is 0 Å². The molecule has 0 spiro atoms. The number of aliphatic hydroxyl groups excluding tert-OH is 1. The highest BCUT2D eigenvalue weighted by molar-refractivity contribution is 6.40. The zero-order chi connectivity index (χ0) is 19.3. The number of nitrogens with one attached hydrogen (secondary N) is 2. The Morgan fingerprint density at radius 3 is 2.58 bits per heavy atom. The second-order valence-electron chi connectivity index (χ2n) is 5.73. The summed E-state index contributed by atoms with van der Waals surface area (Å²) in [4.78, 5) is 23.8. The summed E-state index contributed by atoms with van der Waals surface area (Å²) in [7, 11) is 1.48. The fourth-order valence-corrected chi connectivity index (χ4v) is 2.73. The Bertz CT molecular complexity index is 803. The Kier molecular flexibility index (Phi) is 6.65. The zero-order valence-corrected chi connectivity index (χ0v) is 15.5. The topological polar surface area (TPSA) is 101 Å². The number of carbonyl (C=O) groups is 2. The molecule has 0 aliphatic heterocycles. The first-order chi connectivity index (χ1) is 12.3. The minimum Gasteiger partial charge on any atom is -0.495 e. The Hall–Kier alpha value is -2.51. The van der Waals surface area contributed by atoms with Crippen LogP contribution in [-0.4, -0.2) is 30.6 Å². The van der Waals surface area contributed by atoms with E-state index in [-0.39, 0.29) is 13.0 Å². The molecule has 0 saturated carbocycles. The maximum Gasteiger partial charge on any atom is 0.313 e. The summed E-state index contributed by atoms with van der Waals surface area (Å²) in [6, 6.07) is 6.40. The zero-order valence-electron chi connectivity index (χ0n) is 14.8. The molecule has 140 valence electrons. The van der Waals surface area contributed by atoms with Gasteiger partial charge in [0, 0.05) is 17.8 Å². The fourth-order valence-electron chi connectivity index (χ4n) is 2.47. The molecule has 0 saturated heterocycles. The lowest BCUT2D eigenvalue weighted by Crippen LogP contribution is -2.36. The second kappa shape index (κ2) is 8.73. The van der Waals surface area contributed by atoms with Crippen LogP contribution in [0.1, 0.15) is 29.6 Å². The third kappa shape index (κ3) is 5.00. The highest BCUT2D eigenvalue weighted by atomic mass is 35.5. The van der Waals surface area contributed by atoms with Crippen LogP contribution in [-0.2, 0) is 9.59 Å². The van der Waals surface area contributed by atoms with Crippen LogP contribution in [0.4, 0.5) is 5.69 Å². The molecular weight excluding hydrogens is 360 g/mol. The molecule has 3 N–H and O–H groups in total. The third-order valence-corrected chi connectivity index (χ3v) is 4.05. The van der Waals surface area contributed by atoms with Gasteiger partial charge in [-0.25, -0.2) is 0 Å². The Balaban J connectivity index is 1.82. The molecule has 26 heavy (non-hydrogen) atoms. The molecule has 0 radical (unpaired) electrons. The highest BCUT2D eigenvalue weighted by Gasteiger charge is 2.17. The van der Waals surface area contributed by atoms with E-state index in [9.17, 15) is 14.7 Å². The van der Waals surface area contributed by atoms with E-state index in [1.807, 2.05) is 0 Å². The summed E-state index contributed by atoms with van der Waals surface area (Å²) >= 11 is 5.97. The molecule has 0 unspecified atom stereocenters. The van der Waals surface area contributed by atoms with Crippen LogP contribution in [0.3, 0.4) is 0 Å². The first-order valence-electron chi connectivity index (χ1n) is 7.99. The summed E-state index contributed by atoms with van der Waals surface area (Å²) in [5.74, 6) is 0.182. The molecule has 0 aliphatic carbocycles. The highest BCUT2D eigenvalue weighted by Crippen LogP contribution is 2.27. The van der Waals surface area contributed by atoms with E-state index in [1.165, 1.54) is 13.2 Å². The molecule has 8 heteroatoms. The number of methoxy groups -OCH3 is 1. The van der Waals surface area contributed by atoms with Crippen molar-refractivity contribution in [3.05, 3.63) is 46.4 Å². The van der Waals surface area contributed by atoms with E-state index in [0.717, 1.165) is 0 Å². The van der Waals surface area contributed by atoms with E-state index in [1.54, 1.807) is 32.0 Å². The fraction of sp³-hybridized carbons (Fsp3) is 0.333. The molecule has 2 aromatic rings. The molecule has 2 amide bonds. The van der Waals surface area contributed by atoms with Gasteiger partial charge in [0.05, 0.1) is 18.2 Å². The van der Waals surface area contributed by atoms with Crippen molar-refractivity contribution in [2.45, 2.75) is 26.4 Å². The number of aryl methyl sites for hydroxylation is 2. The smallest absolute Gasteiger partial charge is 0.313 e. The van der Waals surface area contributed by atoms with Gasteiger partial charge < -0.3 is 24.9 Å². The van der Waals surface area contributed by atoms with Gasteiger partial charge in [-0.3, -0.25) is 9.59 Å². The predicted octanol–water partition coefficient (Wildman–Crippen LogP) is 2.74. The molecular formula is C18H21ClN2O5. The summed E-state index contributed by atoms with van der Waals surface area (Å²) in [6.45, 7) is 3.69. The molecule has 0 fully saturated rings. The van der Waals surface area contributed by atoms with Crippen molar-refractivity contribution in [1.29, 1.82) is 0 Å². The number of ether oxygens (including phenoxy) is 1. The van der Waals surface area contributed by atoms with Gasteiger partial charge >= 0.3 is 11.8 Å². The lowest BCUT2D eigenvalue weighted by molar-refractivity contribution is -0.136. The van der Waals surface area contributed by atoms with Crippen LogP contribution in [0.2, 0.25) is 5.02 Å².